The topological polar surface area (TPSA) is 56.0 Å². The standard InChI is InChI=1S/C15H13ClN2O/c1-10-3-2-4-12(7-10)18-14(9-17)11-5-6-15(19)13(16)8-11/h2-8,14,18-19H,1H3. The highest BCUT2D eigenvalue weighted by Gasteiger charge is 2.12. The molecule has 3 nitrogen and oxygen atoms in total. The number of hydrogen-bond donors (Lipinski definition) is 2. The fraction of sp³-hybridized carbons (Fsp3) is 0.133. The highest BCUT2D eigenvalue weighted by Crippen LogP contribution is 2.28. The van der Waals surface area contributed by atoms with Gasteiger partial charge in [-0.15, -0.1) is 0 Å². The summed E-state index contributed by atoms with van der Waals surface area (Å²) in [4.78, 5) is 0. The molecule has 0 spiro atoms. The molecule has 96 valence electrons. The number of phenols is 1. The molecule has 1 atom stereocenters. The molecule has 0 aliphatic rings. The van der Waals surface area contributed by atoms with Crippen molar-refractivity contribution in [1.82, 2.24) is 0 Å². The highest BCUT2D eigenvalue weighted by atomic mass is 35.5. The number of anilines is 1. The molecule has 0 heterocycles. The third kappa shape index (κ3) is 3.18. The second-order valence-corrected chi connectivity index (χ2v) is 4.69. The zero-order chi connectivity index (χ0) is 13.8. The summed E-state index contributed by atoms with van der Waals surface area (Å²) in [7, 11) is 0. The molecule has 0 bridgehead atoms. The number of hydrogen-bond acceptors (Lipinski definition) is 3. The minimum atomic E-state index is -0.514. The number of rotatable bonds is 3. The SMILES string of the molecule is Cc1cccc(NC(C#N)c2ccc(O)c(Cl)c2)c1. The van der Waals surface area contributed by atoms with Crippen molar-refractivity contribution in [1.29, 1.82) is 5.26 Å². The van der Waals surface area contributed by atoms with Crippen LogP contribution in [0.3, 0.4) is 0 Å². The van der Waals surface area contributed by atoms with E-state index in [9.17, 15) is 10.4 Å². The number of nitrogens with zero attached hydrogens (tertiary/aromatic N) is 1. The Kier molecular flexibility index (Phi) is 3.94. The highest BCUT2D eigenvalue weighted by molar-refractivity contribution is 6.32. The van der Waals surface area contributed by atoms with Crippen molar-refractivity contribution in [2.45, 2.75) is 13.0 Å². The van der Waals surface area contributed by atoms with Gasteiger partial charge in [0, 0.05) is 5.69 Å². The first-order valence-electron chi connectivity index (χ1n) is 5.81. The van der Waals surface area contributed by atoms with Crippen LogP contribution in [0.1, 0.15) is 17.2 Å². The van der Waals surface area contributed by atoms with Crippen molar-refractivity contribution in [3.63, 3.8) is 0 Å². The van der Waals surface area contributed by atoms with Gasteiger partial charge in [-0.1, -0.05) is 29.8 Å². The minimum Gasteiger partial charge on any atom is -0.506 e. The molecule has 2 N–H and O–H groups in total. The van der Waals surface area contributed by atoms with Gasteiger partial charge >= 0.3 is 0 Å². The quantitative estimate of drug-likeness (QED) is 0.887. The normalized spacial score (nSPS) is 11.6. The first kappa shape index (κ1) is 13.3. The Bertz CT molecular complexity index is 634. The van der Waals surface area contributed by atoms with E-state index in [-0.39, 0.29) is 10.8 Å². The maximum absolute atomic E-state index is 9.39. The maximum atomic E-state index is 9.39. The van der Waals surface area contributed by atoms with Crippen LogP contribution in [-0.2, 0) is 0 Å². The Labute approximate surface area is 117 Å². The molecule has 0 aliphatic carbocycles. The molecule has 0 amide bonds. The van der Waals surface area contributed by atoms with Crippen LogP contribution in [0.15, 0.2) is 42.5 Å². The lowest BCUT2D eigenvalue weighted by Gasteiger charge is -2.14. The molecule has 1 unspecified atom stereocenters. The lowest BCUT2D eigenvalue weighted by atomic mass is 10.1. The van der Waals surface area contributed by atoms with Crippen molar-refractivity contribution in [2.24, 2.45) is 0 Å². The van der Waals surface area contributed by atoms with Gasteiger partial charge in [0.2, 0.25) is 0 Å². The summed E-state index contributed by atoms with van der Waals surface area (Å²) in [5.41, 5.74) is 2.70. The zero-order valence-electron chi connectivity index (χ0n) is 10.4. The average molecular weight is 273 g/mol. The van der Waals surface area contributed by atoms with Crippen molar-refractivity contribution >= 4 is 17.3 Å². The summed E-state index contributed by atoms with van der Waals surface area (Å²) < 4.78 is 0. The lowest BCUT2D eigenvalue weighted by Crippen LogP contribution is -2.08. The van der Waals surface area contributed by atoms with Crippen LogP contribution >= 0.6 is 11.6 Å². The Hall–Kier alpha value is -2.18. The molecule has 2 aromatic rings. The van der Waals surface area contributed by atoms with Crippen LogP contribution in [-0.4, -0.2) is 5.11 Å². The van der Waals surface area contributed by atoms with Gasteiger partial charge < -0.3 is 10.4 Å². The smallest absolute Gasteiger partial charge is 0.140 e. The summed E-state index contributed by atoms with van der Waals surface area (Å²) >= 11 is 5.86. The van der Waals surface area contributed by atoms with Gasteiger partial charge in [0.25, 0.3) is 0 Å². The second kappa shape index (κ2) is 5.64. The zero-order valence-corrected chi connectivity index (χ0v) is 11.1. The van der Waals surface area contributed by atoms with E-state index in [1.807, 2.05) is 31.2 Å². The monoisotopic (exact) mass is 272 g/mol. The van der Waals surface area contributed by atoms with Gasteiger partial charge in [-0.05, 0) is 42.3 Å². The van der Waals surface area contributed by atoms with Gasteiger partial charge in [0.05, 0.1) is 11.1 Å². The van der Waals surface area contributed by atoms with Gasteiger partial charge in [-0.3, -0.25) is 0 Å². The van der Waals surface area contributed by atoms with Crippen LogP contribution in [0.4, 0.5) is 5.69 Å². The largest absolute Gasteiger partial charge is 0.506 e. The summed E-state index contributed by atoms with van der Waals surface area (Å²) in [5, 5.41) is 22.0. The molecule has 2 aromatic carbocycles. The first-order valence-corrected chi connectivity index (χ1v) is 6.19. The number of halogens is 1. The summed E-state index contributed by atoms with van der Waals surface area (Å²) in [6.45, 7) is 1.99. The molecule has 4 heteroatoms. The number of aryl methyl sites for hydroxylation is 1. The summed E-state index contributed by atoms with van der Waals surface area (Å²) in [6, 6.07) is 14.2. The molecular weight excluding hydrogens is 260 g/mol. The molecule has 0 aromatic heterocycles. The molecule has 0 saturated carbocycles. The fourth-order valence-corrected chi connectivity index (χ4v) is 1.98. The number of benzene rings is 2. The predicted octanol–water partition coefficient (Wildman–Crippen LogP) is 4.03. The van der Waals surface area contributed by atoms with E-state index in [0.717, 1.165) is 11.3 Å². The Morgan fingerprint density at radius 3 is 2.68 bits per heavy atom. The third-order valence-electron chi connectivity index (χ3n) is 2.76. The van der Waals surface area contributed by atoms with Crippen LogP contribution < -0.4 is 5.32 Å². The van der Waals surface area contributed by atoms with Crippen LogP contribution in [0.25, 0.3) is 0 Å². The van der Waals surface area contributed by atoms with Crippen LogP contribution in [0.5, 0.6) is 5.75 Å². The van der Waals surface area contributed by atoms with E-state index < -0.39 is 6.04 Å². The van der Waals surface area contributed by atoms with E-state index in [0.29, 0.717) is 5.56 Å². The maximum Gasteiger partial charge on any atom is 0.140 e. The Morgan fingerprint density at radius 1 is 1.26 bits per heavy atom. The van der Waals surface area contributed by atoms with E-state index in [1.165, 1.54) is 6.07 Å². The molecule has 19 heavy (non-hydrogen) atoms. The van der Waals surface area contributed by atoms with E-state index >= 15 is 0 Å². The van der Waals surface area contributed by atoms with Gasteiger partial charge in [-0.2, -0.15) is 5.26 Å². The molecule has 0 aliphatic heterocycles. The van der Waals surface area contributed by atoms with E-state index in [1.54, 1.807) is 12.1 Å². The lowest BCUT2D eigenvalue weighted by molar-refractivity contribution is 0.475. The van der Waals surface area contributed by atoms with E-state index in [2.05, 4.69) is 11.4 Å². The number of nitrogens with one attached hydrogen (secondary N) is 1. The molecule has 0 saturated heterocycles. The molecule has 0 radical (unpaired) electrons. The summed E-state index contributed by atoms with van der Waals surface area (Å²) in [5.74, 6) is 0.0117. The van der Waals surface area contributed by atoms with E-state index in [4.69, 9.17) is 11.6 Å². The fourth-order valence-electron chi connectivity index (χ4n) is 1.79. The Morgan fingerprint density at radius 2 is 2.05 bits per heavy atom. The number of phenolic OH excluding ortho intramolecular Hbond substituents is 1. The molecular formula is C15H13ClN2O. The van der Waals surface area contributed by atoms with Crippen LogP contribution in [0.2, 0.25) is 5.02 Å². The average Bonchev–Trinajstić information content (AvgIpc) is 2.39. The third-order valence-corrected chi connectivity index (χ3v) is 3.07. The molecule has 0 fully saturated rings. The van der Waals surface area contributed by atoms with Crippen molar-refractivity contribution in [2.75, 3.05) is 5.32 Å². The summed E-state index contributed by atoms with van der Waals surface area (Å²) in [6.07, 6.45) is 0. The van der Waals surface area contributed by atoms with Gasteiger partial charge in [0.1, 0.15) is 11.8 Å². The van der Waals surface area contributed by atoms with Crippen molar-refractivity contribution in [3.05, 3.63) is 58.6 Å². The minimum absolute atomic E-state index is 0.0117. The predicted molar refractivity (Wildman–Crippen MR) is 76.3 cm³/mol. The number of nitriles is 1. The molecule has 2 rings (SSSR count). The number of aromatic hydroxyl groups is 1. The second-order valence-electron chi connectivity index (χ2n) is 4.29. The first-order chi connectivity index (χ1) is 9.10. The Balaban J connectivity index is 2.25. The van der Waals surface area contributed by atoms with Crippen molar-refractivity contribution in [3.8, 4) is 11.8 Å². The van der Waals surface area contributed by atoms with Gasteiger partial charge in [-0.25, -0.2) is 0 Å². The van der Waals surface area contributed by atoms with Crippen molar-refractivity contribution < 1.29 is 5.11 Å². The van der Waals surface area contributed by atoms with Crippen LogP contribution in [0, 0.1) is 18.3 Å². The van der Waals surface area contributed by atoms with Gasteiger partial charge in [0.15, 0.2) is 0 Å².